The summed E-state index contributed by atoms with van der Waals surface area (Å²) in [6.45, 7) is -3.01. The Kier molecular flexibility index (Phi) is 6.15. The van der Waals surface area contributed by atoms with Gasteiger partial charge in [-0.3, -0.25) is 4.57 Å². The molecule has 3 heterocycles. The highest BCUT2D eigenvalue weighted by atomic mass is 32.5. The molecule has 26 heavy (non-hydrogen) atoms. The van der Waals surface area contributed by atoms with Crippen LogP contribution in [0.4, 0.5) is 5.82 Å². The maximum absolute atomic E-state index is 9.25. The van der Waals surface area contributed by atoms with Crippen LogP contribution in [0.5, 0.6) is 0 Å². The van der Waals surface area contributed by atoms with Gasteiger partial charge in [0.2, 0.25) is 0 Å². The van der Waals surface area contributed by atoms with Crippen LogP contribution in [0.1, 0.15) is 12.6 Å². The molecule has 0 aromatic carbocycles. The lowest BCUT2D eigenvalue weighted by molar-refractivity contribution is -0.0739. The second-order valence-corrected chi connectivity index (χ2v) is 8.32. The second-order valence-electron chi connectivity index (χ2n) is 5.66. The molecule has 2 aromatic rings. The lowest BCUT2D eigenvalue weighted by Gasteiger charge is -2.20. The number of fused-ring (bicyclic) bond motifs is 1. The van der Waals surface area contributed by atoms with Crippen LogP contribution in [0.3, 0.4) is 0 Å². The molecule has 0 aliphatic carbocycles. The van der Waals surface area contributed by atoms with Crippen LogP contribution in [-0.2, 0) is 30.5 Å². The maximum Gasteiger partial charge on any atom is 0.321 e. The molecule has 3 rings (SSSR count). The Hall–Kier alpha value is -1.24. The summed E-state index contributed by atoms with van der Waals surface area (Å²) < 4.78 is 23.5. The molecule has 1 saturated heterocycles. The Morgan fingerprint density at radius 1 is 1.38 bits per heavy atom. The average molecular weight is 405 g/mol. The summed E-state index contributed by atoms with van der Waals surface area (Å²) in [4.78, 5) is 30.9. The van der Waals surface area contributed by atoms with Crippen LogP contribution in [0, 0.1) is 0 Å². The normalized spacial score (nSPS) is 23.7. The molecule has 0 saturated carbocycles. The number of nitrogens with two attached hydrogens (primary N) is 1. The predicted molar refractivity (Wildman–Crippen MR) is 94.6 cm³/mol. The van der Waals surface area contributed by atoms with E-state index < -0.39 is 19.1 Å². The topological polar surface area (TPSA) is 147 Å². The molecule has 2 aromatic heterocycles. The molecule has 1 aliphatic rings. The Morgan fingerprint density at radius 3 is 2.92 bits per heavy atom. The van der Waals surface area contributed by atoms with Crippen molar-refractivity contribution in [1.29, 1.82) is 0 Å². The first-order valence-corrected chi connectivity index (χ1v) is 10.4. The summed E-state index contributed by atoms with van der Waals surface area (Å²) in [5.41, 5.74) is 6.80. The zero-order chi connectivity index (χ0) is 18.7. The van der Waals surface area contributed by atoms with E-state index in [1.165, 1.54) is 6.33 Å². The summed E-state index contributed by atoms with van der Waals surface area (Å²) in [6, 6.07) is 0. The van der Waals surface area contributed by atoms with E-state index >= 15 is 0 Å². The zero-order valence-electron chi connectivity index (χ0n) is 14.0. The van der Waals surface area contributed by atoms with Crippen LogP contribution in [0.25, 0.3) is 11.2 Å². The van der Waals surface area contributed by atoms with Gasteiger partial charge in [0, 0.05) is 13.5 Å². The summed E-state index contributed by atoms with van der Waals surface area (Å²) in [5.74, 6) is 0.268. The number of imidazole rings is 1. The van der Waals surface area contributed by atoms with Crippen LogP contribution < -0.4 is 5.73 Å². The third-order valence-electron chi connectivity index (χ3n) is 3.85. The lowest BCUT2D eigenvalue weighted by Crippen LogP contribution is -2.24. The van der Waals surface area contributed by atoms with Crippen molar-refractivity contribution in [2.24, 2.45) is 0 Å². The number of aromatic nitrogens is 4. The van der Waals surface area contributed by atoms with Crippen LogP contribution >= 0.6 is 6.72 Å². The minimum atomic E-state index is -3.75. The van der Waals surface area contributed by atoms with Gasteiger partial charge in [0.05, 0.1) is 32.3 Å². The monoisotopic (exact) mass is 405 g/mol. The van der Waals surface area contributed by atoms with Gasteiger partial charge in [0.1, 0.15) is 17.9 Å². The quantitative estimate of drug-likeness (QED) is 0.401. The smallest absolute Gasteiger partial charge is 0.321 e. The summed E-state index contributed by atoms with van der Waals surface area (Å²) in [7, 11) is 1.58. The van der Waals surface area contributed by atoms with Gasteiger partial charge < -0.3 is 34.3 Å². The standard InChI is InChI=1S/C13H20N5O6PS/c1-21-2-3-22-9-4-8(5-23-25(19,20)26)24-13(9)18-7-17-10-11(14)15-6-16-12(10)18/h6-9,13H,2-5H2,1H3,(H2,14,15,16)(H2,19,20,26)/t8-,9-,13+/m0/s1. The SMILES string of the molecule is COCCO[C@H]1C[C@@H](COP(O)(O)=S)O[C@H]1n1cnc2c(N)ncnc21. The van der Waals surface area contributed by atoms with E-state index in [1.807, 2.05) is 0 Å². The fraction of sp³-hybridized carbons (Fsp3) is 0.615. The number of hydrogen-bond acceptors (Lipinski definition) is 9. The minimum absolute atomic E-state index is 0.0608. The van der Waals surface area contributed by atoms with E-state index in [1.54, 1.807) is 18.0 Å². The largest absolute Gasteiger partial charge is 0.382 e. The molecule has 3 atom stereocenters. The first-order valence-electron chi connectivity index (χ1n) is 7.78. The zero-order valence-corrected chi connectivity index (χ0v) is 15.7. The molecule has 0 spiro atoms. The van der Waals surface area contributed by atoms with Gasteiger partial charge in [0.25, 0.3) is 0 Å². The average Bonchev–Trinajstić information content (AvgIpc) is 3.17. The molecule has 0 radical (unpaired) electrons. The van der Waals surface area contributed by atoms with E-state index in [0.29, 0.717) is 30.8 Å². The van der Waals surface area contributed by atoms with Crippen molar-refractivity contribution in [2.45, 2.75) is 24.9 Å². The van der Waals surface area contributed by atoms with E-state index in [4.69, 9.17) is 24.5 Å². The highest BCUT2D eigenvalue weighted by Gasteiger charge is 2.39. The fourth-order valence-corrected chi connectivity index (χ4v) is 3.28. The molecule has 13 heteroatoms. The number of nitrogen functional groups attached to an aromatic ring is 1. The number of ether oxygens (including phenoxy) is 3. The third-order valence-corrected chi connectivity index (χ3v) is 4.66. The molecular weight excluding hydrogens is 385 g/mol. The van der Waals surface area contributed by atoms with Gasteiger partial charge in [-0.15, -0.1) is 0 Å². The first-order chi connectivity index (χ1) is 12.4. The van der Waals surface area contributed by atoms with E-state index in [0.717, 1.165) is 0 Å². The lowest BCUT2D eigenvalue weighted by atomic mass is 10.2. The minimum Gasteiger partial charge on any atom is -0.382 e. The first kappa shape index (κ1) is 19.5. The van der Waals surface area contributed by atoms with Crippen molar-refractivity contribution in [2.75, 3.05) is 32.7 Å². The molecular formula is C13H20N5O6PS. The number of rotatable bonds is 8. The number of hydrogen-bond donors (Lipinski definition) is 3. The van der Waals surface area contributed by atoms with Crippen molar-refractivity contribution in [3.8, 4) is 0 Å². The predicted octanol–water partition coefficient (Wildman–Crippen LogP) is -0.0467. The Balaban J connectivity index is 1.81. The summed E-state index contributed by atoms with van der Waals surface area (Å²) in [5, 5.41) is 0. The van der Waals surface area contributed by atoms with Gasteiger partial charge in [-0.05, 0) is 11.8 Å². The van der Waals surface area contributed by atoms with E-state index in [9.17, 15) is 9.79 Å². The summed E-state index contributed by atoms with van der Waals surface area (Å²) >= 11 is 4.47. The van der Waals surface area contributed by atoms with Crippen LogP contribution in [0.15, 0.2) is 12.7 Å². The Morgan fingerprint density at radius 2 is 2.19 bits per heavy atom. The van der Waals surface area contributed by atoms with Crippen molar-refractivity contribution in [1.82, 2.24) is 19.5 Å². The molecule has 11 nitrogen and oxygen atoms in total. The maximum atomic E-state index is 9.25. The van der Waals surface area contributed by atoms with Crippen molar-refractivity contribution in [3.05, 3.63) is 12.7 Å². The van der Waals surface area contributed by atoms with Gasteiger partial charge in [-0.1, -0.05) is 0 Å². The van der Waals surface area contributed by atoms with E-state index in [2.05, 4.69) is 26.8 Å². The van der Waals surface area contributed by atoms with Gasteiger partial charge in [0.15, 0.2) is 17.7 Å². The number of nitrogens with zero attached hydrogens (tertiary/aromatic N) is 4. The van der Waals surface area contributed by atoms with Crippen molar-refractivity contribution in [3.63, 3.8) is 0 Å². The van der Waals surface area contributed by atoms with Gasteiger partial charge in [-0.2, -0.15) is 0 Å². The van der Waals surface area contributed by atoms with Crippen molar-refractivity contribution < 1.29 is 28.5 Å². The van der Waals surface area contributed by atoms with E-state index in [-0.39, 0.29) is 18.5 Å². The molecule has 0 unspecified atom stereocenters. The highest BCUT2D eigenvalue weighted by molar-refractivity contribution is 8.06. The van der Waals surface area contributed by atoms with Crippen molar-refractivity contribution >= 4 is 35.5 Å². The van der Waals surface area contributed by atoms with Gasteiger partial charge in [-0.25, -0.2) is 15.0 Å². The molecule has 144 valence electrons. The van der Waals surface area contributed by atoms with Gasteiger partial charge >= 0.3 is 6.72 Å². The molecule has 1 aliphatic heterocycles. The van der Waals surface area contributed by atoms with Crippen LogP contribution in [-0.4, -0.2) is 68.4 Å². The Bertz CT molecular complexity index is 800. The molecule has 0 amide bonds. The summed E-state index contributed by atoms with van der Waals surface area (Å²) in [6.07, 6.45) is 2.03. The van der Waals surface area contributed by atoms with Crippen LogP contribution in [0.2, 0.25) is 0 Å². The third kappa shape index (κ3) is 4.53. The molecule has 0 bridgehead atoms. The second kappa shape index (κ2) is 8.19. The fourth-order valence-electron chi connectivity index (χ4n) is 2.74. The molecule has 1 fully saturated rings. The number of anilines is 1. The molecule has 4 N–H and O–H groups in total. The Labute approximate surface area is 154 Å². The number of methoxy groups -OCH3 is 1. The highest BCUT2D eigenvalue weighted by Crippen LogP contribution is 2.39.